The van der Waals surface area contributed by atoms with Crippen molar-refractivity contribution in [3.05, 3.63) is 10.0 Å². The van der Waals surface area contributed by atoms with Crippen molar-refractivity contribution < 1.29 is 18.3 Å². The molecule has 0 amide bonds. The van der Waals surface area contributed by atoms with E-state index in [1.165, 1.54) is 10.6 Å². The lowest BCUT2D eigenvalue weighted by Gasteiger charge is -2.32. The van der Waals surface area contributed by atoms with Gasteiger partial charge in [-0.05, 0) is 0 Å². The maximum Gasteiger partial charge on any atom is 0.349 e. The summed E-state index contributed by atoms with van der Waals surface area (Å²) in [4.78, 5) is 16.7. The molecule has 1 aromatic rings. The van der Waals surface area contributed by atoms with Gasteiger partial charge in [0.1, 0.15) is 0 Å². The predicted octanol–water partition coefficient (Wildman–Crippen LogP) is 0.576. The number of anilines is 1. The van der Waals surface area contributed by atoms with Crippen LogP contribution in [0, 0.1) is 0 Å². The van der Waals surface area contributed by atoms with Crippen molar-refractivity contribution in [2.24, 2.45) is 0 Å². The van der Waals surface area contributed by atoms with Gasteiger partial charge in [0, 0.05) is 26.2 Å². The molecular weight excluding hydrogens is 314 g/mol. The number of hydrogen-bond acceptors (Lipinski definition) is 6. The van der Waals surface area contributed by atoms with Gasteiger partial charge in [-0.25, -0.2) is 18.2 Å². The highest BCUT2D eigenvalue weighted by Crippen LogP contribution is 2.30. The maximum absolute atomic E-state index is 11.4. The summed E-state index contributed by atoms with van der Waals surface area (Å²) in [6, 6.07) is 0. The Balaban J connectivity index is 2.10. The molecule has 7 nitrogen and oxygen atoms in total. The van der Waals surface area contributed by atoms with Gasteiger partial charge in [0.15, 0.2) is 15.2 Å². The normalized spacial score (nSPS) is 17.7. The highest BCUT2D eigenvalue weighted by Gasteiger charge is 2.26. The number of thiazole rings is 1. The Hall–Kier alpha value is -0.900. The molecule has 1 N–H and O–H groups in total. The number of rotatable bonds is 3. The van der Waals surface area contributed by atoms with E-state index < -0.39 is 16.0 Å². The first-order valence-electron chi connectivity index (χ1n) is 5.38. The molecule has 10 heteroatoms. The molecule has 0 radical (unpaired) electrons. The van der Waals surface area contributed by atoms with Gasteiger partial charge in [-0.3, -0.25) is 0 Å². The van der Waals surface area contributed by atoms with Gasteiger partial charge in [0.25, 0.3) is 0 Å². The van der Waals surface area contributed by atoms with Crippen molar-refractivity contribution in [1.82, 2.24) is 9.29 Å². The molecule has 106 valence electrons. The second kappa shape index (κ2) is 5.23. The van der Waals surface area contributed by atoms with Crippen molar-refractivity contribution in [2.45, 2.75) is 0 Å². The zero-order valence-electron chi connectivity index (χ0n) is 10.0. The van der Waals surface area contributed by atoms with Crippen LogP contribution in [0.4, 0.5) is 5.13 Å². The molecule has 19 heavy (non-hydrogen) atoms. The van der Waals surface area contributed by atoms with Crippen LogP contribution in [0.25, 0.3) is 0 Å². The van der Waals surface area contributed by atoms with E-state index in [0.29, 0.717) is 31.3 Å². The fraction of sp³-hybridized carbons (Fsp3) is 0.556. The average molecular weight is 326 g/mol. The topological polar surface area (TPSA) is 90.8 Å². The lowest BCUT2D eigenvalue weighted by Crippen LogP contribution is -2.48. The molecule has 0 saturated carbocycles. The molecular formula is C9H12ClN3O4S2. The van der Waals surface area contributed by atoms with Gasteiger partial charge < -0.3 is 10.0 Å². The number of nitrogens with zero attached hydrogens (tertiary/aromatic N) is 3. The summed E-state index contributed by atoms with van der Waals surface area (Å²) < 4.78 is 24.1. The summed E-state index contributed by atoms with van der Waals surface area (Å²) in [6.45, 7) is 1.66. The van der Waals surface area contributed by atoms with Gasteiger partial charge in [-0.1, -0.05) is 22.9 Å². The summed E-state index contributed by atoms with van der Waals surface area (Å²) in [5.74, 6) is -1.11. The summed E-state index contributed by atoms with van der Waals surface area (Å²) in [5.41, 5.74) is 0. The summed E-state index contributed by atoms with van der Waals surface area (Å²) in [6.07, 6.45) is 1.17. The Kier molecular flexibility index (Phi) is 4.00. The van der Waals surface area contributed by atoms with Crippen molar-refractivity contribution in [3.8, 4) is 0 Å². The molecule has 1 aliphatic rings. The van der Waals surface area contributed by atoms with Crippen molar-refractivity contribution >= 4 is 44.1 Å². The molecule has 0 bridgehead atoms. The second-order valence-corrected chi connectivity index (χ2v) is 7.39. The summed E-state index contributed by atoms with van der Waals surface area (Å²) >= 11 is 6.74. The molecule has 1 fully saturated rings. The Morgan fingerprint density at radius 1 is 1.37 bits per heavy atom. The third-order valence-electron chi connectivity index (χ3n) is 2.75. The number of aromatic nitrogens is 1. The monoisotopic (exact) mass is 325 g/mol. The minimum Gasteiger partial charge on any atom is -0.477 e. The fourth-order valence-electron chi connectivity index (χ4n) is 1.77. The minimum atomic E-state index is -3.18. The maximum atomic E-state index is 11.4. The van der Waals surface area contributed by atoms with Crippen LogP contribution >= 0.6 is 22.9 Å². The van der Waals surface area contributed by atoms with Gasteiger partial charge in [0.2, 0.25) is 10.0 Å². The molecule has 0 unspecified atom stereocenters. The van der Waals surface area contributed by atoms with Crippen LogP contribution in [0.1, 0.15) is 9.67 Å². The van der Waals surface area contributed by atoms with Gasteiger partial charge in [-0.15, -0.1) is 0 Å². The van der Waals surface area contributed by atoms with E-state index in [2.05, 4.69) is 4.98 Å². The first-order chi connectivity index (χ1) is 8.79. The number of sulfonamides is 1. The largest absolute Gasteiger partial charge is 0.477 e. The molecule has 0 atom stereocenters. The number of carboxylic acid groups (broad SMARTS) is 1. The third kappa shape index (κ3) is 3.16. The SMILES string of the molecule is CS(=O)(=O)N1CCN(c2nc(Cl)c(C(=O)O)s2)CC1. The Morgan fingerprint density at radius 3 is 2.37 bits per heavy atom. The van der Waals surface area contributed by atoms with E-state index in [0.717, 1.165) is 11.3 Å². The third-order valence-corrected chi connectivity index (χ3v) is 5.54. The van der Waals surface area contributed by atoms with Crippen LogP contribution in [0.5, 0.6) is 0 Å². The van der Waals surface area contributed by atoms with Crippen LogP contribution in [0.15, 0.2) is 0 Å². The highest BCUT2D eigenvalue weighted by molar-refractivity contribution is 7.88. The van der Waals surface area contributed by atoms with Gasteiger partial charge in [0.05, 0.1) is 6.26 Å². The van der Waals surface area contributed by atoms with Crippen LogP contribution in [-0.2, 0) is 10.0 Å². The molecule has 1 aliphatic heterocycles. The van der Waals surface area contributed by atoms with Crippen LogP contribution in [0.2, 0.25) is 5.15 Å². The summed E-state index contributed by atoms with van der Waals surface area (Å²) in [5, 5.41) is 9.39. The lowest BCUT2D eigenvalue weighted by atomic mass is 10.4. The molecule has 2 rings (SSSR count). The second-order valence-electron chi connectivity index (χ2n) is 4.07. The zero-order valence-corrected chi connectivity index (χ0v) is 12.4. The van der Waals surface area contributed by atoms with Crippen LogP contribution < -0.4 is 4.90 Å². The zero-order chi connectivity index (χ0) is 14.2. The molecule has 0 aliphatic carbocycles. The number of hydrogen-bond donors (Lipinski definition) is 1. The van der Waals surface area contributed by atoms with Crippen LogP contribution in [0.3, 0.4) is 0 Å². The van der Waals surface area contributed by atoms with E-state index in [1.54, 1.807) is 0 Å². The molecule has 0 spiro atoms. The van der Waals surface area contributed by atoms with Crippen molar-refractivity contribution in [2.75, 3.05) is 37.3 Å². The van der Waals surface area contributed by atoms with Crippen molar-refractivity contribution in [3.63, 3.8) is 0 Å². The Bertz CT molecular complexity index is 593. The van der Waals surface area contributed by atoms with E-state index in [9.17, 15) is 13.2 Å². The number of carbonyl (C=O) groups is 1. The summed E-state index contributed by atoms with van der Waals surface area (Å²) in [7, 11) is -3.18. The Morgan fingerprint density at radius 2 is 1.95 bits per heavy atom. The Labute approximate surface area is 119 Å². The van der Waals surface area contributed by atoms with Crippen molar-refractivity contribution in [1.29, 1.82) is 0 Å². The number of aromatic carboxylic acids is 1. The number of halogens is 1. The minimum absolute atomic E-state index is 0.00205. The number of piperazine rings is 1. The predicted molar refractivity (Wildman–Crippen MR) is 72.7 cm³/mol. The van der Waals surface area contributed by atoms with E-state index in [1.807, 2.05) is 4.90 Å². The molecule has 0 aromatic carbocycles. The standard InChI is InChI=1S/C9H12ClN3O4S2/c1-19(16,17)13-4-2-12(3-5-13)9-11-7(10)6(18-9)8(14)15/h2-5H2,1H3,(H,14,15). The first-order valence-corrected chi connectivity index (χ1v) is 8.43. The van der Waals surface area contributed by atoms with Gasteiger partial charge >= 0.3 is 5.97 Å². The molecule has 2 heterocycles. The highest BCUT2D eigenvalue weighted by atomic mass is 35.5. The first kappa shape index (κ1) is 14.5. The quantitative estimate of drug-likeness (QED) is 0.874. The van der Waals surface area contributed by atoms with E-state index in [4.69, 9.17) is 16.7 Å². The average Bonchev–Trinajstić information content (AvgIpc) is 2.70. The fourth-order valence-corrected chi connectivity index (χ4v) is 3.77. The molecule has 1 saturated heterocycles. The van der Waals surface area contributed by atoms with E-state index in [-0.39, 0.29) is 10.0 Å². The van der Waals surface area contributed by atoms with Crippen LogP contribution in [-0.4, -0.2) is 61.2 Å². The smallest absolute Gasteiger partial charge is 0.349 e. The van der Waals surface area contributed by atoms with Gasteiger partial charge in [-0.2, -0.15) is 4.31 Å². The molecule has 1 aromatic heterocycles. The lowest BCUT2D eigenvalue weighted by molar-refractivity contribution is 0.0702. The van der Waals surface area contributed by atoms with E-state index >= 15 is 0 Å². The number of carboxylic acids is 1.